The number of para-hydroxylation sites is 1. The van der Waals surface area contributed by atoms with Crippen LogP contribution in [0.1, 0.15) is 60.7 Å². The van der Waals surface area contributed by atoms with Crippen molar-refractivity contribution in [2.45, 2.75) is 51.6 Å². The monoisotopic (exact) mass is 681 g/mol. The summed E-state index contributed by atoms with van der Waals surface area (Å²) in [4.78, 5) is 76.0. The van der Waals surface area contributed by atoms with Gasteiger partial charge in [0.15, 0.2) is 12.3 Å². The minimum atomic E-state index is -1.18. The highest BCUT2D eigenvalue weighted by molar-refractivity contribution is 5.96. The van der Waals surface area contributed by atoms with E-state index in [1.165, 1.54) is 20.7 Å². The standard InChI is InChI=1S/C32H39N7O10/c1-3-46-32(45)49-37-16-14-36(15-17-37)31(44)23(11-12-28(41)42)34-29(43)24-18-27(39(35-24)22-8-5-4-6-9-22)47-20-26(40)38-13-7-10-25(38)30-33-21(2)19-48-30/h4-6,8-9,18-19,23,25H,3,7,10-17,20H2,1-2H3,(H,34,43)(H,41,42)/t23-,25-/m0/s1. The molecule has 5 rings (SSSR count). The number of benzene rings is 1. The van der Waals surface area contributed by atoms with E-state index in [1.54, 1.807) is 42.4 Å². The first kappa shape index (κ1) is 34.9. The number of piperazine rings is 1. The maximum atomic E-state index is 13.5. The molecule has 262 valence electrons. The van der Waals surface area contributed by atoms with Gasteiger partial charge in [0.1, 0.15) is 18.3 Å². The molecule has 0 bridgehead atoms. The number of hydroxylamine groups is 2. The number of carbonyl (C=O) groups excluding carboxylic acids is 4. The van der Waals surface area contributed by atoms with E-state index < -0.39 is 30.0 Å². The highest BCUT2D eigenvalue weighted by Crippen LogP contribution is 2.31. The van der Waals surface area contributed by atoms with Crippen LogP contribution in [0, 0.1) is 6.92 Å². The Kier molecular flexibility index (Phi) is 11.5. The predicted molar refractivity (Wildman–Crippen MR) is 168 cm³/mol. The van der Waals surface area contributed by atoms with Crippen LogP contribution in [0.15, 0.2) is 47.1 Å². The van der Waals surface area contributed by atoms with Crippen molar-refractivity contribution >= 4 is 29.8 Å². The SMILES string of the molecule is CCOC(=O)ON1CCN(C(=O)[C@H](CCC(=O)O)NC(=O)c2cc(OCC(=O)N3CCC[C@H]3c3nc(C)co3)n(-c3ccccc3)n2)CC1. The summed E-state index contributed by atoms with van der Waals surface area (Å²) < 4.78 is 17.6. The van der Waals surface area contributed by atoms with Crippen molar-refractivity contribution < 1.29 is 47.8 Å². The lowest BCUT2D eigenvalue weighted by Gasteiger charge is -2.35. The van der Waals surface area contributed by atoms with E-state index in [2.05, 4.69) is 15.4 Å². The molecule has 2 atom stereocenters. The third-order valence-electron chi connectivity index (χ3n) is 8.02. The maximum absolute atomic E-state index is 13.5. The lowest BCUT2D eigenvalue weighted by atomic mass is 10.1. The van der Waals surface area contributed by atoms with Crippen LogP contribution < -0.4 is 10.1 Å². The molecule has 17 nitrogen and oxygen atoms in total. The molecule has 2 aliphatic rings. The quantitative estimate of drug-likeness (QED) is 0.249. The number of nitrogens with one attached hydrogen (secondary N) is 1. The average Bonchev–Trinajstić information content (AvgIpc) is 3.86. The molecule has 0 saturated carbocycles. The van der Waals surface area contributed by atoms with Crippen LogP contribution in [-0.2, 0) is 24.0 Å². The first-order chi connectivity index (χ1) is 23.6. The second-order valence-corrected chi connectivity index (χ2v) is 11.5. The number of carbonyl (C=O) groups is 5. The fraction of sp³-hybridized carbons (Fsp3) is 0.469. The highest BCUT2D eigenvalue weighted by atomic mass is 16.8. The van der Waals surface area contributed by atoms with E-state index in [9.17, 15) is 29.1 Å². The van der Waals surface area contributed by atoms with Crippen LogP contribution in [0.25, 0.3) is 5.69 Å². The summed E-state index contributed by atoms with van der Waals surface area (Å²) in [6, 6.07) is 8.72. The Bertz CT molecular complexity index is 1630. The van der Waals surface area contributed by atoms with E-state index in [-0.39, 0.29) is 75.8 Å². The van der Waals surface area contributed by atoms with Gasteiger partial charge < -0.3 is 39.0 Å². The van der Waals surface area contributed by atoms with Crippen molar-refractivity contribution in [3.05, 3.63) is 59.9 Å². The van der Waals surface area contributed by atoms with Gasteiger partial charge in [-0.25, -0.2) is 14.5 Å². The van der Waals surface area contributed by atoms with Crippen molar-refractivity contribution in [2.24, 2.45) is 0 Å². The number of oxazole rings is 1. The van der Waals surface area contributed by atoms with Crippen molar-refractivity contribution in [3.8, 4) is 11.6 Å². The molecule has 3 amide bonds. The number of hydrogen-bond acceptors (Lipinski definition) is 12. The molecule has 1 aromatic carbocycles. The molecule has 2 N–H and O–H groups in total. The number of amides is 3. The lowest BCUT2D eigenvalue weighted by molar-refractivity contribution is -0.157. The summed E-state index contributed by atoms with van der Waals surface area (Å²) in [5, 5.41) is 17.7. The van der Waals surface area contributed by atoms with Gasteiger partial charge in [-0.1, -0.05) is 18.2 Å². The number of likely N-dealkylation sites (tertiary alicyclic amines) is 1. The Morgan fingerprint density at radius 2 is 1.84 bits per heavy atom. The van der Waals surface area contributed by atoms with Crippen LogP contribution >= 0.6 is 0 Å². The van der Waals surface area contributed by atoms with Crippen molar-refractivity contribution in [3.63, 3.8) is 0 Å². The van der Waals surface area contributed by atoms with Gasteiger partial charge in [-0.3, -0.25) is 19.2 Å². The van der Waals surface area contributed by atoms with E-state index >= 15 is 0 Å². The second kappa shape index (κ2) is 16.1. The normalized spacial score (nSPS) is 17.0. The molecule has 0 spiro atoms. The zero-order valence-corrected chi connectivity index (χ0v) is 27.3. The number of ether oxygens (including phenoxy) is 2. The molecule has 0 aliphatic carbocycles. The number of aromatic nitrogens is 3. The summed E-state index contributed by atoms with van der Waals surface area (Å²) in [6.07, 6.45) is 1.64. The zero-order valence-electron chi connectivity index (χ0n) is 27.3. The Morgan fingerprint density at radius 3 is 2.51 bits per heavy atom. The van der Waals surface area contributed by atoms with Gasteiger partial charge in [-0.2, -0.15) is 5.10 Å². The summed E-state index contributed by atoms with van der Waals surface area (Å²) in [6.45, 7) is 4.51. The first-order valence-corrected chi connectivity index (χ1v) is 16.0. The van der Waals surface area contributed by atoms with Crippen LogP contribution in [-0.4, -0.2) is 117 Å². The summed E-state index contributed by atoms with van der Waals surface area (Å²) in [5.74, 6) is -2.08. The Morgan fingerprint density at radius 1 is 1.08 bits per heavy atom. The lowest BCUT2D eigenvalue weighted by Crippen LogP contribution is -2.55. The van der Waals surface area contributed by atoms with E-state index in [0.29, 0.717) is 24.5 Å². The van der Waals surface area contributed by atoms with Gasteiger partial charge in [-0.05, 0) is 45.2 Å². The summed E-state index contributed by atoms with van der Waals surface area (Å²) in [5.41, 5.74) is 1.17. The topological polar surface area (TPSA) is 199 Å². The Balaban J connectivity index is 1.28. The Labute approximate surface area is 281 Å². The average molecular weight is 682 g/mol. The van der Waals surface area contributed by atoms with Gasteiger partial charge in [0.2, 0.25) is 17.7 Å². The second-order valence-electron chi connectivity index (χ2n) is 11.5. The highest BCUT2D eigenvalue weighted by Gasteiger charge is 2.34. The number of aliphatic carboxylic acids is 1. The van der Waals surface area contributed by atoms with Gasteiger partial charge >= 0.3 is 12.1 Å². The molecule has 2 fully saturated rings. The molecule has 3 aromatic rings. The molecule has 0 unspecified atom stereocenters. The minimum absolute atomic E-state index is 0.110. The zero-order chi connectivity index (χ0) is 34.9. The number of rotatable bonds is 13. The number of nitrogens with zero attached hydrogens (tertiary/aromatic N) is 6. The molecular formula is C32H39N7O10. The number of carboxylic acids is 1. The number of hydrogen-bond donors (Lipinski definition) is 2. The van der Waals surface area contributed by atoms with Crippen molar-refractivity contribution in [1.82, 2.24) is 34.9 Å². The third-order valence-corrected chi connectivity index (χ3v) is 8.02. The van der Waals surface area contributed by atoms with Crippen LogP contribution in [0.2, 0.25) is 0 Å². The molecule has 2 aliphatic heterocycles. The molecule has 4 heterocycles. The predicted octanol–water partition coefficient (Wildman–Crippen LogP) is 2.11. The molecule has 49 heavy (non-hydrogen) atoms. The molecular weight excluding hydrogens is 642 g/mol. The first-order valence-electron chi connectivity index (χ1n) is 16.0. The van der Waals surface area contributed by atoms with Gasteiger partial charge in [0.05, 0.1) is 31.1 Å². The number of carboxylic acid groups (broad SMARTS) is 1. The molecule has 0 radical (unpaired) electrons. The minimum Gasteiger partial charge on any atom is -0.481 e. The molecule has 2 aromatic heterocycles. The largest absolute Gasteiger partial charge is 0.527 e. The van der Waals surface area contributed by atoms with Crippen molar-refractivity contribution in [1.29, 1.82) is 0 Å². The van der Waals surface area contributed by atoms with Crippen LogP contribution in [0.4, 0.5) is 4.79 Å². The summed E-state index contributed by atoms with van der Waals surface area (Å²) >= 11 is 0. The fourth-order valence-corrected chi connectivity index (χ4v) is 5.62. The van der Waals surface area contributed by atoms with Gasteiger partial charge in [-0.15, -0.1) is 5.06 Å². The Hall–Kier alpha value is -5.45. The van der Waals surface area contributed by atoms with Crippen LogP contribution in [0.3, 0.4) is 0 Å². The smallest absolute Gasteiger partial charge is 0.481 e. The third kappa shape index (κ3) is 8.92. The van der Waals surface area contributed by atoms with Crippen molar-refractivity contribution in [2.75, 3.05) is 45.9 Å². The van der Waals surface area contributed by atoms with Gasteiger partial charge in [0.25, 0.3) is 11.8 Å². The van der Waals surface area contributed by atoms with Crippen LogP contribution in [0.5, 0.6) is 5.88 Å². The van der Waals surface area contributed by atoms with Gasteiger partial charge in [0, 0.05) is 32.1 Å². The van der Waals surface area contributed by atoms with E-state index in [0.717, 1.165) is 12.1 Å². The summed E-state index contributed by atoms with van der Waals surface area (Å²) in [7, 11) is 0. The van der Waals surface area contributed by atoms with E-state index in [4.69, 9.17) is 18.7 Å². The maximum Gasteiger partial charge on any atom is 0.527 e. The molecule has 17 heteroatoms. The fourth-order valence-electron chi connectivity index (χ4n) is 5.62. The van der Waals surface area contributed by atoms with E-state index in [1.807, 2.05) is 13.0 Å². The molecule has 2 saturated heterocycles. The number of aryl methyl sites for hydroxylation is 1.